The Morgan fingerprint density at radius 1 is 0.657 bits per heavy atom. The maximum atomic E-state index is 13.5. The number of carboxylic acid groups (broad SMARTS) is 2. The summed E-state index contributed by atoms with van der Waals surface area (Å²) in [5.74, 6) is 2.48. The lowest BCUT2D eigenvalue weighted by atomic mass is 9.85. The monoisotopic (exact) mass is 1490 g/mol. The number of fused-ring (bicyclic) bond motifs is 2. The van der Waals surface area contributed by atoms with Crippen LogP contribution in [-0.4, -0.2) is 177 Å². The Labute approximate surface area is 620 Å². The Morgan fingerprint density at radius 2 is 1.07 bits per heavy atom. The van der Waals surface area contributed by atoms with Crippen LogP contribution in [0.4, 0.5) is 35.5 Å². The number of hydrogen-bond donors (Lipinski definition) is 5. The third-order valence-electron chi connectivity index (χ3n) is 16.6. The van der Waals surface area contributed by atoms with Crippen LogP contribution in [0.3, 0.4) is 0 Å². The summed E-state index contributed by atoms with van der Waals surface area (Å²) in [4.78, 5) is 97.9. The van der Waals surface area contributed by atoms with Crippen molar-refractivity contribution in [3.63, 3.8) is 0 Å². The number of nitriles is 2. The van der Waals surface area contributed by atoms with Gasteiger partial charge in [-0.3, -0.25) is 28.0 Å². The molecule has 4 aliphatic heterocycles. The molecule has 27 nitrogen and oxygen atoms in total. The third-order valence-corrected chi connectivity index (χ3v) is 18.7. The third kappa shape index (κ3) is 20.1. The number of Topliss-reactive ketones (excluding diaryl/α,β-unsaturated/α-hetero) is 1. The highest BCUT2D eigenvalue weighted by molar-refractivity contribution is 7.17. The Bertz CT molecular complexity index is 4730. The molecule has 0 bridgehead atoms. The summed E-state index contributed by atoms with van der Waals surface area (Å²) >= 11 is 2.53. The van der Waals surface area contributed by atoms with Crippen LogP contribution in [0.15, 0.2) is 110 Å². The van der Waals surface area contributed by atoms with Gasteiger partial charge < -0.3 is 50.9 Å². The van der Waals surface area contributed by atoms with Gasteiger partial charge in [-0.1, -0.05) is 51.4 Å². The van der Waals surface area contributed by atoms with E-state index in [1.165, 1.54) is 53.4 Å². The number of thiazole rings is 2. The van der Waals surface area contributed by atoms with E-state index < -0.39 is 11.6 Å². The highest BCUT2D eigenvalue weighted by atomic mass is 35.5. The van der Waals surface area contributed by atoms with E-state index in [1.54, 1.807) is 54.0 Å². The molecule has 0 unspecified atom stereocenters. The number of aliphatic carboxylic acids is 1. The second-order valence-corrected chi connectivity index (χ2v) is 27.3. The number of aromatic nitrogens is 10. The number of carbonyl (C=O) groups excluding carboxylic acids is 3. The van der Waals surface area contributed by atoms with Gasteiger partial charge in [0.2, 0.25) is 5.91 Å². The van der Waals surface area contributed by atoms with Crippen LogP contribution in [0.2, 0.25) is 0 Å². The number of anilines is 4. The van der Waals surface area contributed by atoms with E-state index in [2.05, 4.69) is 42.7 Å². The summed E-state index contributed by atoms with van der Waals surface area (Å²) in [7, 11) is 3.77. The van der Waals surface area contributed by atoms with Crippen LogP contribution in [0, 0.1) is 46.1 Å². The van der Waals surface area contributed by atoms with Crippen molar-refractivity contribution in [2.75, 3.05) is 76.3 Å². The van der Waals surface area contributed by atoms with Crippen LogP contribution >= 0.6 is 35.1 Å². The number of ether oxygens (including phenoxy) is 1. The first-order valence-corrected chi connectivity index (χ1v) is 34.3. The largest absolute Gasteiger partial charge is 0.483 e. The van der Waals surface area contributed by atoms with Gasteiger partial charge in [0.05, 0.1) is 30.9 Å². The lowest BCUT2D eigenvalue weighted by Gasteiger charge is -2.42. The molecule has 12 heterocycles. The number of carboxylic acids is 1. The first-order valence-electron chi connectivity index (χ1n) is 32.7. The first-order chi connectivity index (χ1) is 49.0. The Kier molecular flexibility index (Phi) is 28.4. The molecule has 2 aromatic carbocycles. The number of imidazole rings is 2. The molecule has 0 radical (unpaired) electrons. The van der Waals surface area contributed by atoms with Crippen molar-refractivity contribution < 1.29 is 47.7 Å². The van der Waals surface area contributed by atoms with Crippen LogP contribution in [0.5, 0.6) is 0 Å². The second-order valence-electron chi connectivity index (χ2n) is 25.3. The van der Waals surface area contributed by atoms with Crippen molar-refractivity contribution in [1.29, 1.82) is 10.5 Å². The molecular weight excluding hydrogens is 1410 g/mol. The van der Waals surface area contributed by atoms with Gasteiger partial charge in [-0.05, 0) is 138 Å². The Hall–Kier alpha value is -10.8. The number of aryl methyl sites for hydroxylation is 2. The van der Waals surface area contributed by atoms with Crippen LogP contribution in [-0.2, 0) is 49.6 Å². The molecule has 2 amide bonds. The summed E-state index contributed by atoms with van der Waals surface area (Å²) < 4.78 is 36.0. The molecule has 0 saturated carbocycles. The highest BCUT2D eigenvalue weighted by Crippen LogP contribution is 2.40. The maximum absolute atomic E-state index is 13.5. The molecule has 6 N–H and O–H groups in total. The van der Waals surface area contributed by atoms with Crippen molar-refractivity contribution in [3.8, 4) is 56.9 Å². The molecule has 4 fully saturated rings. The molecule has 0 aliphatic carbocycles. The van der Waals surface area contributed by atoms with Gasteiger partial charge in [0.1, 0.15) is 91.5 Å². The summed E-state index contributed by atoms with van der Waals surface area (Å²) in [6, 6.07) is 24.2. The predicted octanol–water partition coefficient (Wildman–Crippen LogP) is 10.9. The first kappa shape index (κ1) is 81.5. The smallest absolute Gasteiger partial charge is 0.410 e. The van der Waals surface area contributed by atoms with Gasteiger partial charge in [-0.15, -0.1) is 12.4 Å². The minimum Gasteiger partial charge on any atom is -0.483 e. The van der Waals surface area contributed by atoms with Crippen LogP contribution in [0.25, 0.3) is 56.1 Å². The zero-order valence-electron chi connectivity index (χ0n) is 57.5. The molecule has 14 rings (SSSR count). The summed E-state index contributed by atoms with van der Waals surface area (Å²) in [5, 5.41) is 42.7. The van der Waals surface area contributed by atoms with Crippen molar-refractivity contribution >= 4 is 98.5 Å². The van der Waals surface area contributed by atoms with Crippen molar-refractivity contribution in [1.82, 2.24) is 69.1 Å². The summed E-state index contributed by atoms with van der Waals surface area (Å²) in [5.41, 5.74) is 14.0. The normalized spacial score (nSPS) is 13.7. The topological polar surface area (TPSA) is 358 Å². The SMILES string of the molecule is C.C.CC(C)(C)OC(=O)N1CC(N)C1.CCc1nc2ccc(-c3cnc(CC(=O)N4CC(CC5CNC5)C4)nc3)cn2c1N(C)c1nc(-c2ccc(F)cc2)c(C#N)s1.CCc1nc2ccc(-c3cnc(CC(=O)O)nc3)cn2c1N(C)c1nc(-c2ccc(F)cc2)c(C#N)s1.Cl.O=C1CNC1.O=CO. The minimum absolute atomic E-state index is 0. The standard InChI is InChI=1S/C33H32FN9OS.C26H20FN7O2S.C8H16N2O2.C3H5NO.CH2O2.2CH4.ClH/c1-3-26-32(41(2)33-40-31(27(12-35)45-33)22-4-7-25(34)8-5-22)43-19-23(6-9-29(43)39-26)24-15-37-28(38-16-24)11-30(44)42-17-21(18-42)10-20-13-36-14-20;1-3-19-25(33(2)26-32-24(20(11-28)37-26)15-4-7-18(27)8-5-15)34-14-16(6-9-22(34)31-19)17-12-29-21(30-13-17)10-23(35)36;1-8(2,3)12-7(11)10-4-6(9)5-10;5-3-1-4-2-3;2-1-3;;;/h4-9,15-16,19-21,36H,3,10-11,13-14,17-18H2,1-2H3;4-9,12-14H,3,10H2,1-2H3,(H,35,36);6H,4-5,9H2,1-3H3;4H,1-2H2;1H,(H,2,3);2*1H4;1H. The number of nitrogens with two attached hydrogens (primary N) is 1. The maximum Gasteiger partial charge on any atom is 0.410 e. The van der Waals surface area contributed by atoms with Gasteiger partial charge in [0, 0.05) is 117 Å². The number of pyridine rings is 2. The fourth-order valence-electron chi connectivity index (χ4n) is 11.2. The molecule has 105 heavy (non-hydrogen) atoms. The van der Waals surface area contributed by atoms with Gasteiger partial charge in [-0.25, -0.2) is 53.4 Å². The molecule has 0 spiro atoms. The van der Waals surface area contributed by atoms with Crippen molar-refractivity contribution in [2.24, 2.45) is 17.6 Å². The number of carbonyl (C=O) groups is 5. The lowest BCUT2D eigenvalue weighted by molar-refractivity contribution is -0.137. The fourth-order valence-corrected chi connectivity index (χ4v) is 12.9. The van der Waals surface area contributed by atoms with Gasteiger partial charge in [-0.2, -0.15) is 10.5 Å². The van der Waals surface area contributed by atoms with E-state index in [-0.39, 0.29) is 82.1 Å². The fraction of sp³-hybridized carbons (Fsp3) is 0.356. The van der Waals surface area contributed by atoms with E-state index in [0.29, 0.717) is 99.1 Å². The predicted molar refractivity (Wildman–Crippen MR) is 401 cm³/mol. The zero-order valence-corrected chi connectivity index (χ0v) is 59.9. The summed E-state index contributed by atoms with van der Waals surface area (Å²) in [6.45, 7) is 15.7. The number of ketones is 1. The van der Waals surface area contributed by atoms with Crippen molar-refractivity contribution in [3.05, 3.63) is 154 Å². The number of likely N-dealkylation sites (tertiary alicyclic amines) is 2. The van der Waals surface area contributed by atoms with E-state index in [1.807, 2.05) is 109 Å². The number of nitrogens with one attached hydrogen (secondary N) is 2. The quantitative estimate of drug-likeness (QED) is 0.0561. The van der Waals surface area contributed by atoms with Crippen LogP contribution < -0.4 is 26.2 Å². The lowest BCUT2D eigenvalue weighted by Crippen LogP contribution is -2.58. The molecule has 4 saturated heterocycles. The second kappa shape index (κ2) is 36.6. The van der Waals surface area contributed by atoms with E-state index in [9.17, 15) is 38.5 Å². The average Bonchev–Trinajstić information content (AvgIpc) is 1.63. The van der Waals surface area contributed by atoms with Gasteiger partial charge >= 0.3 is 12.1 Å². The van der Waals surface area contributed by atoms with E-state index in [0.717, 1.165) is 88.7 Å². The molecule has 8 aromatic heterocycles. The molecule has 552 valence electrons. The molecule has 0 atom stereocenters. The van der Waals surface area contributed by atoms with Crippen molar-refractivity contribution in [2.45, 2.75) is 93.2 Å². The minimum atomic E-state index is -0.989. The number of hydrogen-bond acceptors (Lipinski definition) is 23. The zero-order chi connectivity index (χ0) is 72.9. The Balaban J connectivity index is 0.000000229. The molecular formula is C73H84ClF2N19O8S2. The molecule has 4 aliphatic rings. The number of rotatable bonds is 16. The van der Waals surface area contributed by atoms with Gasteiger partial charge in [0.25, 0.3) is 6.47 Å². The van der Waals surface area contributed by atoms with E-state index >= 15 is 0 Å². The molecule has 32 heteroatoms. The number of halogens is 3. The Morgan fingerprint density at radius 3 is 1.41 bits per heavy atom. The molecule has 10 aromatic rings. The number of nitrogens with zero attached hydrogens (tertiary/aromatic N) is 16. The number of benzene rings is 2. The average molecular weight is 1490 g/mol. The highest BCUT2D eigenvalue weighted by Gasteiger charge is 2.35. The van der Waals surface area contributed by atoms with E-state index in [4.69, 9.17) is 45.4 Å². The summed E-state index contributed by atoms with van der Waals surface area (Å²) in [6.07, 6.45) is 12.9. The van der Waals surface area contributed by atoms with Gasteiger partial charge in [0.15, 0.2) is 16.0 Å². The number of amides is 2. The van der Waals surface area contributed by atoms with Crippen LogP contribution in [0.1, 0.15) is 88.7 Å².